The van der Waals surface area contributed by atoms with Gasteiger partial charge in [-0.25, -0.2) is 0 Å². The highest BCUT2D eigenvalue weighted by atomic mass is 32.1. The monoisotopic (exact) mass is 211 g/mol. The Morgan fingerprint density at radius 2 is 2.57 bits per heavy atom. The lowest BCUT2D eigenvalue weighted by Gasteiger charge is -2.08. The van der Waals surface area contributed by atoms with Gasteiger partial charge in [-0.3, -0.25) is 4.79 Å². The normalized spacial score (nSPS) is 12.1. The van der Waals surface area contributed by atoms with Crippen molar-refractivity contribution in [2.75, 3.05) is 6.61 Å². The number of esters is 1. The summed E-state index contributed by atoms with van der Waals surface area (Å²) in [4.78, 5) is 11.2. The van der Waals surface area contributed by atoms with E-state index in [9.17, 15) is 4.79 Å². The Morgan fingerprint density at radius 1 is 1.79 bits per heavy atom. The highest BCUT2D eigenvalue weighted by Gasteiger charge is 2.12. The van der Waals surface area contributed by atoms with Crippen molar-refractivity contribution in [2.45, 2.75) is 12.5 Å². The molecular weight excluding hydrogens is 198 g/mol. The van der Waals surface area contributed by atoms with E-state index in [0.717, 1.165) is 5.56 Å². The molecule has 3 nitrogen and oxygen atoms in total. The van der Waals surface area contributed by atoms with E-state index in [-0.39, 0.29) is 25.0 Å². The van der Waals surface area contributed by atoms with Crippen LogP contribution in [0.2, 0.25) is 0 Å². The number of thiophene rings is 1. The summed E-state index contributed by atoms with van der Waals surface area (Å²) in [6.07, 6.45) is 1.75. The Morgan fingerprint density at radius 3 is 3.14 bits per heavy atom. The summed E-state index contributed by atoms with van der Waals surface area (Å²) in [5, 5.41) is 3.87. The van der Waals surface area contributed by atoms with Crippen LogP contribution in [0.4, 0.5) is 0 Å². The highest BCUT2D eigenvalue weighted by Crippen LogP contribution is 2.17. The van der Waals surface area contributed by atoms with Gasteiger partial charge in [-0.1, -0.05) is 12.7 Å². The van der Waals surface area contributed by atoms with Crippen molar-refractivity contribution in [1.82, 2.24) is 0 Å². The maximum absolute atomic E-state index is 11.2. The third-order valence-electron chi connectivity index (χ3n) is 1.72. The average molecular weight is 211 g/mol. The fourth-order valence-electron chi connectivity index (χ4n) is 0.994. The number of rotatable bonds is 5. The van der Waals surface area contributed by atoms with Gasteiger partial charge in [0.2, 0.25) is 0 Å². The predicted molar refractivity (Wildman–Crippen MR) is 57.0 cm³/mol. The van der Waals surface area contributed by atoms with Gasteiger partial charge in [0, 0.05) is 6.04 Å². The van der Waals surface area contributed by atoms with Crippen molar-refractivity contribution in [2.24, 2.45) is 5.73 Å². The number of nitrogens with two attached hydrogens (primary N) is 1. The van der Waals surface area contributed by atoms with Gasteiger partial charge in [-0.05, 0) is 22.4 Å². The molecular formula is C10H13NO2S. The average Bonchev–Trinajstić information content (AvgIpc) is 2.67. The molecule has 0 spiro atoms. The molecule has 0 aromatic carbocycles. The summed E-state index contributed by atoms with van der Waals surface area (Å²) in [7, 11) is 0. The van der Waals surface area contributed by atoms with Gasteiger partial charge in [0.1, 0.15) is 6.61 Å². The van der Waals surface area contributed by atoms with Crippen molar-refractivity contribution in [1.29, 1.82) is 0 Å². The molecule has 0 aliphatic carbocycles. The first-order chi connectivity index (χ1) is 6.74. The maximum Gasteiger partial charge on any atom is 0.308 e. The van der Waals surface area contributed by atoms with Crippen LogP contribution in [-0.2, 0) is 9.53 Å². The van der Waals surface area contributed by atoms with E-state index >= 15 is 0 Å². The SMILES string of the molecule is C=CCOC(=O)CC(N)c1ccsc1. The van der Waals surface area contributed by atoms with Crippen molar-refractivity contribution >= 4 is 17.3 Å². The second-order valence-electron chi connectivity index (χ2n) is 2.84. The predicted octanol–water partition coefficient (Wildman–Crippen LogP) is 1.87. The molecule has 0 saturated heterocycles. The molecule has 1 aromatic rings. The largest absolute Gasteiger partial charge is 0.461 e. The quantitative estimate of drug-likeness (QED) is 0.597. The fraction of sp³-hybridized carbons (Fsp3) is 0.300. The third kappa shape index (κ3) is 3.32. The number of ether oxygens (including phenoxy) is 1. The first-order valence-electron chi connectivity index (χ1n) is 4.28. The van der Waals surface area contributed by atoms with E-state index in [2.05, 4.69) is 6.58 Å². The smallest absolute Gasteiger partial charge is 0.308 e. The molecule has 0 fully saturated rings. The summed E-state index contributed by atoms with van der Waals surface area (Å²) in [5.41, 5.74) is 6.77. The fourth-order valence-corrected chi connectivity index (χ4v) is 1.72. The van der Waals surface area contributed by atoms with Crippen LogP contribution >= 0.6 is 11.3 Å². The molecule has 1 aromatic heterocycles. The first-order valence-corrected chi connectivity index (χ1v) is 5.22. The second-order valence-corrected chi connectivity index (χ2v) is 3.62. The van der Waals surface area contributed by atoms with Crippen molar-refractivity contribution in [3.05, 3.63) is 35.0 Å². The zero-order valence-corrected chi connectivity index (χ0v) is 8.63. The van der Waals surface area contributed by atoms with Gasteiger partial charge in [0.05, 0.1) is 6.42 Å². The summed E-state index contributed by atoms with van der Waals surface area (Å²) in [6, 6.07) is 1.65. The number of carbonyl (C=O) groups excluding carboxylic acids is 1. The summed E-state index contributed by atoms with van der Waals surface area (Å²) >= 11 is 1.56. The van der Waals surface area contributed by atoms with E-state index < -0.39 is 0 Å². The molecule has 0 aliphatic heterocycles. The van der Waals surface area contributed by atoms with Gasteiger partial charge in [0.25, 0.3) is 0 Å². The molecule has 0 radical (unpaired) electrons. The second kappa shape index (κ2) is 5.57. The van der Waals surface area contributed by atoms with E-state index in [1.165, 1.54) is 6.08 Å². The number of carbonyl (C=O) groups is 1. The van der Waals surface area contributed by atoms with E-state index in [1.54, 1.807) is 11.3 Å². The van der Waals surface area contributed by atoms with E-state index in [0.29, 0.717) is 0 Å². The van der Waals surface area contributed by atoms with Gasteiger partial charge in [-0.2, -0.15) is 11.3 Å². The molecule has 4 heteroatoms. The van der Waals surface area contributed by atoms with Crippen molar-refractivity contribution in [3.8, 4) is 0 Å². The first kappa shape index (κ1) is 10.9. The minimum atomic E-state index is -0.288. The zero-order valence-electron chi connectivity index (χ0n) is 7.81. The van der Waals surface area contributed by atoms with Crippen molar-refractivity contribution < 1.29 is 9.53 Å². The van der Waals surface area contributed by atoms with Crippen LogP contribution in [0.5, 0.6) is 0 Å². The van der Waals surface area contributed by atoms with Gasteiger partial charge in [-0.15, -0.1) is 0 Å². The van der Waals surface area contributed by atoms with E-state index in [1.807, 2.05) is 16.8 Å². The minimum absolute atomic E-state index is 0.213. The number of hydrogen-bond acceptors (Lipinski definition) is 4. The number of hydrogen-bond donors (Lipinski definition) is 1. The minimum Gasteiger partial charge on any atom is -0.461 e. The van der Waals surface area contributed by atoms with Crippen molar-refractivity contribution in [3.63, 3.8) is 0 Å². The lowest BCUT2D eigenvalue weighted by atomic mass is 10.1. The Balaban J connectivity index is 2.37. The van der Waals surface area contributed by atoms with Gasteiger partial charge < -0.3 is 10.5 Å². The van der Waals surface area contributed by atoms with Crippen LogP contribution in [0.3, 0.4) is 0 Å². The van der Waals surface area contributed by atoms with Crippen LogP contribution in [0.15, 0.2) is 29.5 Å². The van der Waals surface area contributed by atoms with Crippen LogP contribution < -0.4 is 5.73 Å². The van der Waals surface area contributed by atoms with Gasteiger partial charge >= 0.3 is 5.97 Å². The molecule has 0 saturated carbocycles. The topological polar surface area (TPSA) is 52.3 Å². The zero-order chi connectivity index (χ0) is 10.4. The third-order valence-corrected chi connectivity index (χ3v) is 2.42. The molecule has 1 rings (SSSR count). The van der Waals surface area contributed by atoms with Gasteiger partial charge in [0.15, 0.2) is 0 Å². The van der Waals surface area contributed by atoms with Crippen LogP contribution in [0, 0.1) is 0 Å². The molecule has 0 amide bonds. The molecule has 14 heavy (non-hydrogen) atoms. The van der Waals surface area contributed by atoms with Crippen LogP contribution in [0.1, 0.15) is 18.0 Å². The Hall–Kier alpha value is -1.13. The maximum atomic E-state index is 11.2. The summed E-state index contributed by atoms with van der Waals surface area (Å²) in [6.45, 7) is 3.70. The Labute approximate surface area is 87.2 Å². The highest BCUT2D eigenvalue weighted by molar-refractivity contribution is 7.07. The molecule has 0 bridgehead atoms. The molecule has 0 aliphatic rings. The molecule has 2 N–H and O–H groups in total. The summed E-state index contributed by atoms with van der Waals surface area (Å²) < 4.78 is 4.83. The van der Waals surface area contributed by atoms with E-state index in [4.69, 9.17) is 10.5 Å². The molecule has 1 unspecified atom stereocenters. The Bertz CT molecular complexity index is 295. The lowest BCUT2D eigenvalue weighted by molar-refractivity contribution is -0.142. The molecule has 1 heterocycles. The molecule has 1 atom stereocenters. The van der Waals surface area contributed by atoms with Crippen LogP contribution in [0.25, 0.3) is 0 Å². The standard InChI is InChI=1S/C10H13NO2S/c1-2-4-13-10(12)6-9(11)8-3-5-14-7-8/h2-3,5,7,9H,1,4,6,11H2. The van der Waals surface area contributed by atoms with Crippen LogP contribution in [-0.4, -0.2) is 12.6 Å². The Kier molecular flexibility index (Phi) is 4.35. The summed E-state index contributed by atoms with van der Waals surface area (Å²) in [5.74, 6) is -0.288. The molecule has 76 valence electrons. The lowest BCUT2D eigenvalue weighted by Crippen LogP contribution is -2.16.